The Labute approximate surface area is 189 Å². The number of anilines is 1. The second-order valence-electron chi connectivity index (χ2n) is 7.39. The van der Waals surface area contributed by atoms with Gasteiger partial charge >= 0.3 is 0 Å². The van der Waals surface area contributed by atoms with Crippen LogP contribution in [0.15, 0.2) is 60.9 Å². The summed E-state index contributed by atoms with van der Waals surface area (Å²) in [5.41, 5.74) is 3.18. The number of carbonyl (C=O) groups is 1. The minimum absolute atomic E-state index is 0.171. The van der Waals surface area contributed by atoms with Crippen molar-refractivity contribution in [1.29, 1.82) is 0 Å². The van der Waals surface area contributed by atoms with E-state index in [0.717, 1.165) is 22.4 Å². The van der Waals surface area contributed by atoms with Crippen molar-refractivity contribution >= 4 is 23.3 Å². The quantitative estimate of drug-likeness (QED) is 0.435. The molecule has 0 aliphatic heterocycles. The number of halogens is 2. The van der Waals surface area contributed by atoms with Crippen LogP contribution in [0.5, 0.6) is 5.75 Å². The average molecular weight is 454 g/mol. The zero-order chi connectivity index (χ0) is 22.7. The molecule has 1 amide bonds. The highest BCUT2D eigenvalue weighted by Gasteiger charge is 2.15. The summed E-state index contributed by atoms with van der Waals surface area (Å²) in [5, 5.41) is 11.5. The second-order valence-corrected chi connectivity index (χ2v) is 7.79. The topological polar surface area (TPSA) is 74.0 Å². The Bertz CT molecular complexity index is 1250. The van der Waals surface area contributed by atoms with E-state index in [-0.39, 0.29) is 29.1 Å². The van der Waals surface area contributed by atoms with E-state index in [1.807, 2.05) is 32.0 Å². The lowest BCUT2D eigenvalue weighted by molar-refractivity contribution is 0.101. The van der Waals surface area contributed by atoms with Gasteiger partial charge in [-0.25, -0.2) is 9.07 Å². The third-order valence-corrected chi connectivity index (χ3v) is 5.05. The Kier molecular flexibility index (Phi) is 6.23. The molecule has 0 saturated heterocycles. The Morgan fingerprint density at radius 3 is 2.66 bits per heavy atom. The minimum Gasteiger partial charge on any atom is -0.471 e. The van der Waals surface area contributed by atoms with Crippen LogP contribution in [0, 0.1) is 19.7 Å². The predicted octanol–water partition coefficient (Wildman–Crippen LogP) is 4.83. The van der Waals surface area contributed by atoms with E-state index in [0.29, 0.717) is 6.54 Å². The summed E-state index contributed by atoms with van der Waals surface area (Å²) in [6.07, 6.45) is 3.26. The smallest absolute Gasteiger partial charge is 0.277 e. The van der Waals surface area contributed by atoms with E-state index in [4.69, 9.17) is 16.3 Å². The van der Waals surface area contributed by atoms with E-state index >= 15 is 0 Å². The summed E-state index contributed by atoms with van der Waals surface area (Å²) >= 11 is 6.21. The molecule has 1 N–H and O–H groups in total. The minimum atomic E-state index is -0.440. The number of carbonyl (C=O) groups excluding carboxylic acids is 1. The number of amides is 1. The van der Waals surface area contributed by atoms with Gasteiger partial charge in [0.15, 0.2) is 18.2 Å². The molecule has 7 nitrogen and oxygen atoms in total. The van der Waals surface area contributed by atoms with Crippen molar-refractivity contribution < 1.29 is 13.9 Å². The Morgan fingerprint density at radius 1 is 1.09 bits per heavy atom. The Balaban J connectivity index is 1.38. The summed E-state index contributed by atoms with van der Waals surface area (Å²) in [4.78, 5) is 12.6. The van der Waals surface area contributed by atoms with Crippen LogP contribution in [-0.2, 0) is 13.3 Å². The number of nitrogens with one attached hydrogen (secondary N) is 1. The van der Waals surface area contributed by atoms with Gasteiger partial charge in [-0.15, -0.1) is 0 Å². The third-order valence-electron chi connectivity index (χ3n) is 4.78. The lowest BCUT2D eigenvalue weighted by atomic mass is 10.1. The molecular formula is C23H21ClFN5O2. The van der Waals surface area contributed by atoms with Gasteiger partial charge in [-0.3, -0.25) is 9.48 Å². The molecule has 164 valence electrons. The molecule has 2 aromatic carbocycles. The van der Waals surface area contributed by atoms with Crippen LogP contribution in [0.25, 0.3) is 0 Å². The molecule has 0 spiro atoms. The van der Waals surface area contributed by atoms with Crippen LogP contribution in [0.1, 0.15) is 27.2 Å². The standard InChI is InChI=1S/C23H21ClFN5O2/c1-15-3-4-16(2)21(11-15)32-14-29-10-9-20(27-29)23(31)26-22-19(24)13-30(28-22)12-17-5-7-18(25)8-6-17/h3-11,13H,12,14H2,1-2H3,(H,26,28,31). The fourth-order valence-corrected chi connectivity index (χ4v) is 3.26. The van der Waals surface area contributed by atoms with E-state index in [1.54, 1.807) is 35.3 Å². The van der Waals surface area contributed by atoms with Crippen molar-refractivity contribution in [2.24, 2.45) is 0 Å². The molecule has 0 bridgehead atoms. The Hall–Kier alpha value is -3.65. The van der Waals surface area contributed by atoms with Crippen LogP contribution in [0.3, 0.4) is 0 Å². The molecule has 0 atom stereocenters. The number of hydrogen-bond acceptors (Lipinski definition) is 4. The summed E-state index contributed by atoms with van der Waals surface area (Å²) in [6, 6.07) is 13.6. The SMILES string of the molecule is Cc1ccc(C)c(OCn2ccc(C(=O)Nc3nn(Cc4ccc(F)cc4)cc3Cl)n2)c1. The molecule has 0 aliphatic carbocycles. The fraction of sp³-hybridized carbons (Fsp3) is 0.174. The normalized spacial score (nSPS) is 10.9. The van der Waals surface area contributed by atoms with Gasteiger partial charge in [0, 0.05) is 12.4 Å². The largest absolute Gasteiger partial charge is 0.471 e. The van der Waals surface area contributed by atoms with Crippen molar-refractivity contribution in [2.45, 2.75) is 27.1 Å². The fourth-order valence-electron chi connectivity index (χ4n) is 3.06. The van der Waals surface area contributed by atoms with Crippen molar-refractivity contribution in [3.63, 3.8) is 0 Å². The number of ether oxygens (including phenoxy) is 1. The van der Waals surface area contributed by atoms with Crippen molar-refractivity contribution in [3.05, 3.63) is 94.1 Å². The summed E-state index contributed by atoms with van der Waals surface area (Å²) < 4.78 is 22.0. The Morgan fingerprint density at radius 2 is 1.88 bits per heavy atom. The highest BCUT2D eigenvalue weighted by atomic mass is 35.5. The zero-order valence-electron chi connectivity index (χ0n) is 17.5. The maximum Gasteiger partial charge on any atom is 0.277 e. The van der Waals surface area contributed by atoms with Crippen LogP contribution in [-0.4, -0.2) is 25.5 Å². The first kappa shape index (κ1) is 21.6. The molecule has 2 heterocycles. The lowest BCUT2D eigenvalue weighted by Crippen LogP contribution is -2.15. The van der Waals surface area contributed by atoms with Crippen molar-refractivity contribution in [3.8, 4) is 5.75 Å². The first-order valence-electron chi connectivity index (χ1n) is 9.89. The first-order chi connectivity index (χ1) is 15.4. The van der Waals surface area contributed by atoms with Crippen molar-refractivity contribution in [2.75, 3.05) is 5.32 Å². The van der Waals surface area contributed by atoms with E-state index < -0.39 is 5.91 Å². The highest BCUT2D eigenvalue weighted by molar-refractivity contribution is 6.33. The van der Waals surface area contributed by atoms with Crippen LogP contribution in [0.4, 0.5) is 10.2 Å². The average Bonchev–Trinajstić information content (AvgIpc) is 3.37. The van der Waals surface area contributed by atoms with Crippen LogP contribution in [0.2, 0.25) is 5.02 Å². The zero-order valence-corrected chi connectivity index (χ0v) is 18.3. The number of rotatable bonds is 7. The van der Waals surface area contributed by atoms with Gasteiger partial charge in [-0.1, -0.05) is 35.9 Å². The van der Waals surface area contributed by atoms with Gasteiger partial charge in [-0.05, 0) is 54.8 Å². The summed E-state index contributed by atoms with van der Waals surface area (Å²) in [5.74, 6) is 0.244. The molecule has 9 heteroatoms. The van der Waals surface area contributed by atoms with Crippen LogP contribution < -0.4 is 10.1 Å². The second kappa shape index (κ2) is 9.23. The number of nitrogens with zero attached hydrogens (tertiary/aromatic N) is 4. The van der Waals surface area contributed by atoms with Crippen molar-refractivity contribution in [1.82, 2.24) is 19.6 Å². The number of aromatic nitrogens is 4. The van der Waals surface area contributed by atoms with Gasteiger partial charge in [0.25, 0.3) is 5.91 Å². The van der Waals surface area contributed by atoms with Gasteiger partial charge in [0.1, 0.15) is 16.6 Å². The van der Waals surface area contributed by atoms with Gasteiger partial charge in [0.05, 0.1) is 6.54 Å². The molecule has 4 rings (SSSR count). The molecule has 0 unspecified atom stereocenters. The van der Waals surface area contributed by atoms with E-state index in [1.165, 1.54) is 16.8 Å². The van der Waals surface area contributed by atoms with E-state index in [2.05, 4.69) is 15.5 Å². The van der Waals surface area contributed by atoms with Gasteiger partial charge < -0.3 is 10.1 Å². The number of hydrogen-bond donors (Lipinski definition) is 1. The molecule has 0 fully saturated rings. The molecule has 0 radical (unpaired) electrons. The maximum absolute atomic E-state index is 13.1. The molecule has 0 aliphatic rings. The number of benzene rings is 2. The molecule has 0 saturated carbocycles. The summed E-state index contributed by atoms with van der Waals surface area (Å²) in [7, 11) is 0. The molecule has 4 aromatic rings. The van der Waals surface area contributed by atoms with Gasteiger partial charge in [0.2, 0.25) is 0 Å². The maximum atomic E-state index is 13.1. The number of aryl methyl sites for hydroxylation is 2. The molecule has 2 aromatic heterocycles. The first-order valence-corrected chi connectivity index (χ1v) is 10.3. The van der Waals surface area contributed by atoms with E-state index in [9.17, 15) is 9.18 Å². The van der Waals surface area contributed by atoms with Gasteiger partial charge in [-0.2, -0.15) is 10.2 Å². The monoisotopic (exact) mass is 453 g/mol. The highest BCUT2D eigenvalue weighted by Crippen LogP contribution is 2.21. The molecule has 32 heavy (non-hydrogen) atoms. The third kappa shape index (κ3) is 5.15. The lowest BCUT2D eigenvalue weighted by Gasteiger charge is -2.09. The van der Waals surface area contributed by atoms with Crippen LogP contribution >= 0.6 is 11.6 Å². The summed E-state index contributed by atoms with van der Waals surface area (Å²) in [6.45, 7) is 4.52. The molecular weight excluding hydrogens is 433 g/mol. The predicted molar refractivity (Wildman–Crippen MR) is 119 cm³/mol.